The Hall–Kier alpha value is -0.710. The molecular weight excluding hydrogens is 306 g/mol. The molecule has 2 aliphatic rings. The van der Waals surface area contributed by atoms with E-state index in [4.69, 9.17) is 4.74 Å². The van der Waals surface area contributed by atoms with Gasteiger partial charge in [-0.3, -0.25) is 4.90 Å². The fourth-order valence-corrected chi connectivity index (χ4v) is 4.98. The number of fused-ring (bicyclic) bond motifs is 1. The summed E-state index contributed by atoms with van der Waals surface area (Å²) in [5.74, 6) is 1.55. The Balaban J connectivity index is 1.92. The molecule has 5 atom stereocenters. The van der Waals surface area contributed by atoms with Crippen molar-refractivity contribution < 1.29 is 9.84 Å². The molecule has 2 aliphatic heterocycles. The number of ether oxygens (including phenoxy) is 1. The first kappa shape index (κ1) is 17.1. The summed E-state index contributed by atoms with van der Waals surface area (Å²) in [4.78, 5) is 2.41. The van der Waals surface area contributed by atoms with E-state index in [0.29, 0.717) is 18.0 Å². The van der Waals surface area contributed by atoms with Crippen LogP contribution in [0.15, 0.2) is 24.3 Å². The lowest BCUT2D eigenvalue weighted by Crippen LogP contribution is -2.61. The van der Waals surface area contributed by atoms with Crippen LogP contribution in [0.25, 0.3) is 0 Å². The number of benzene rings is 1. The van der Waals surface area contributed by atoms with Crippen LogP contribution in [0, 0.1) is 5.92 Å². The predicted molar refractivity (Wildman–Crippen MR) is 96.9 cm³/mol. The van der Waals surface area contributed by atoms with Crippen LogP contribution >= 0.6 is 11.8 Å². The van der Waals surface area contributed by atoms with Crippen molar-refractivity contribution in [3.05, 3.63) is 29.8 Å². The van der Waals surface area contributed by atoms with Crippen LogP contribution < -0.4 is 4.74 Å². The van der Waals surface area contributed by atoms with Gasteiger partial charge >= 0.3 is 0 Å². The number of piperidine rings is 2. The van der Waals surface area contributed by atoms with Gasteiger partial charge in [-0.05, 0) is 62.5 Å². The van der Waals surface area contributed by atoms with E-state index in [1.807, 2.05) is 12.1 Å². The van der Waals surface area contributed by atoms with Crippen LogP contribution in [0.3, 0.4) is 0 Å². The molecule has 128 valence electrons. The van der Waals surface area contributed by atoms with Crippen LogP contribution in [0.1, 0.15) is 51.1 Å². The minimum atomic E-state index is -0.383. The zero-order valence-corrected chi connectivity index (χ0v) is 15.5. The van der Waals surface area contributed by atoms with Gasteiger partial charge in [-0.15, -0.1) is 0 Å². The summed E-state index contributed by atoms with van der Waals surface area (Å²) in [7, 11) is 1.70. The zero-order chi connectivity index (χ0) is 16.6. The van der Waals surface area contributed by atoms with E-state index in [1.54, 1.807) is 18.9 Å². The van der Waals surface area contributed by atoms with Crippen LogP contribution in [0.5, 0.6) is 5.75 Å². The molecule has 23 heavy (non-hydrogen) atoms. The Kier molecular flexibility index (Phi) is 4.96. The molecular formula is C19H29NO2S. The third kappa shape index (κ3) is 3.01. The maximum atomic E-state index is 11.2. The van der Waals surface area contributed by atoms with Crippen molar-refractivity contribution in [1.82, 2.24) is 4.90 Å². The third-order valence-electron chi connectivity index (χ3n) is 6.03. The lowest BCUT2D eigenvalue weighted by atomic mass is 9.77. The van der Waals surface area contributed by atoms with E-state index in [0.717, 1.165) is 18.6 Å². The fourth-order valence-electron chi connectivity index (χ4n) is 4.32. The molecule has 0 spiro atoms. The van der Waals surface area contributed by atoms with Gasteiger partial charge in [0.05, 0.1) is 11.9 Å². The highest BCUT2D eigenvalue weighted by atomic mass is 32.2. The van der Waals surface area contributed by atoms with E-state index < -0.39 is 0 Å². The Morgan fingerprint density at radius 3 is 2.52 bits per heavy atom. The molecule has 0 unspecified atom stereocenters. The van der Waals surface area contributed by atoms with Crippen LogP contribution in [0.4, 0.5) is 0 Å². The summed E-state index contributed by atoms with van der Waals surface area (Å²) in [6.45, 7) is 4.55. The molecule has 0 bridgehead atoms. The van der Waals surface area contributed by atoms with Gasteiger partial charge < -0.3 is 9.84 Å². The van der Waals surface area contributed by atoms with Crippen molar-refractivity contribution in [1.29, 1.82) is 0 Å². The normalized spacial score (nSPS) is 38.1. The summed E-state index contributed by atoms with van der Waals surface area (Å²) in [6.07, 6.45) is 6.37. The molecule has 1 aromatic carbocycles. The van der Waals surface area contributed by atoms with Gasteiger partial charge in [0.2, 0.25) is 0 Å². The van der Waals surface area contributed by atoms with E-state index >= 15 is 0 Å². The number of rotatable bonds is 3. The Labute approximate surface area is 144 Å². The summed E-state index contributed by atoms with van der Waals surface area (Å²) in [6, 6.07) is 9.19. The van der Waals surface area contributed by atoms with Crippen molar-refractivity contribution >= 4 is 11.8 Å². The molecule has 2 heterocycles. The van der Waals surface area contributed by atoms with E-state index in [9.17, 15) is 5.11 Å². The number of aliphatic hydroxyl groups is 1. The summed E-state index contributed by atoms with van der Waals surface area (Å²) in [5, 5.41) is 11.2. The molecule has 0 aromatic heterocycles. The smallest absolute Gasteiger partial charge is 0.122 e. The maximum Gasteiger partial charge on any atom is 0.122 e. The number of aliphatic hydroxyl groups excluding tert-OH is 1. The lowest BCUT2D eigenvalue weighted by Gasteiger charge is -2.56. The van der Waals surface area contributed by atoms with Crippen LogP contribution in [0.2, 0.25) is 0 Å². The minimum absolute atomic E-state index is 0.0712. The van der Waals surface area contributed by atoms with Gasteiger partial charge in [-0.1, -0.05) is 19.1 Å². The van der Waals surface area contributed by atoms with Crippen molar-refractivity contribution in [2.24, 2.45) is 5.92 Å². The van der Waals surface area contributed by atoms with Gasteiger partial charge in [0.25, 0.3) is 0 Å². The number of methoxy groups -OCH3 is 1. The average Bonchev–Trinajstić information content (AvgIpc) is 2.59. The molecule has 1 aromatic rings. The SMILES string of the molecule is COc1ccc([C@H]2CC[C@H](C)[C@H]3CC[C@](C)(SC)[C@H](O)N23)cc1. The molecule has 4 heteroatoms. The Bertz CT molecular complexity index is 535. The second-order valence-electron chi connectivity index (χ2n) is 7.29. The van der Waals surface area contributed by atoms with E-state index in [1.165, 1.54) is 18.4 Å². The molecule has 0 amide bonds. The van der Waals surface area contributed by atoms with Crippen molar-refractivity contribution in [3.63, 3.8) is 0 Å². The number of hydrogen-bond acceptors (Lipinski definition) is 4. The largest absolute Gasteiger partial charge is 0.497 e. The number of hydrogen-bond donors (Lipinski definition) is 1. The van der Waals surface area contributed by atoms with E-state index in [-0.39, 0.29) is 11.0 Å². The molecule has 0 aliphatic carbocycles. The van der Waals surface area contributed by atoms with Crippen LogP contribution in [-0.4, -0.2) is 40.4 Å². The first-order valence-corrected chi connectivity index (χ1v) is 9.87. The molecule has 2 saturated heterocycles. The minimum Gasteiger partial charge on any atom is -0.497 e. The summed E-state index contributed by atoms with van der Waals surface area (Å²) in [5.41, 5.74) is 1.30. The highest BCUT2D eigenvalue weighted by Crippen LogP contribution is 2.49. The van der Waals surface area contributed by atoms with Gasteiger partial charge in [0.15, 0.2) is 0 Å². The van der Waals surface area contributed by atoms with Gasteiger partial charge in [0.1, 0.15) is 12.0 Å². The summed E-state index contributed by atoms with van der Waals surface area (Å²) >= 11 is 1.80. The first-order chi connectivity index (χ1) is 11.0. The Morgan fingerprint density at radius 1 is 1.22 bits per heavy atom. The number of thioether (sulfide) groups is 1. The highest BCUT2D eigenvalue weighted by molar-refractivity contribution is 8.00. The van der Waals surface area contributed by atoms with Gasteiger partial charge in [-0.2, -0.15) is 11.8 Å². The predicted octanol–water partition coefficient (Wildman–Crippen LogP) is 4.07. The molecule has 0 radical (unpaired) electrons. The molecule has 3 rings (SSSR count). The fraction of sp³-hybridized carbons (Fsp3) is 0.684. The van der Waals surface area contributed by atoms with Gasteiger partial charge in [0, 0.05) is 12.1 Å². The topological polar surface area (TPSA) is 32.7 Å². The molecule has 1 N–H and O–H groups in total. The second kappa shape index (κ2) is 6.66. The average molecular weight is 336 g/mol. The highest BCUT2D eigenvalue weighted by Gasteiger charge is 2.49. The van der Waals surface area contributed by atoms with Crippen molar-refractivity contribution in [2.75, 3.05) is 13.4 Å². The zero-order valence-electron chi connectivity index (χ0n) is 14.7. The quantitative estimate of drug-likeness (QED) is 0.902. The second-order valence-corrected chi connectivity index (χ2v) is 8.63. The summed E-state index contributed by atoms with van der Waals surface area (Å²) < 4.78 is 5.21. The standard InChI is InChI=1S/C19H29NO2S/c1-13-5-10-17(14-6-8-15(22-3)9-7-14)20-16(13)11-12-19(2,23-4)18(20)21/h6-9,13,16-18,21H,5,10-12H2,1-4H3/t13-,16+,17+,18-,19-/m0/s1. The van der Waals surface area contributed by atoms with Crippen molar-refractivity contribution in [2.45, 2.75) is 62.6 Å². The van der Waals surface area contributed by atoms with Crippen LogP contribution in [-0.2, 0) is 0 Å². The number of nitrogens with zero attached hydrogens (tertiary/aromatic N) is 1. The molecule has 3 nitrogen and oxygen atoms in total. The first-order valence-electron chi connectivity index (χ1n) is 8.65. The Morgan fingerprint density at radius 2 is 1.91 bits per heavy atom. The third-order valence-corrected chi connectivity index (χ3v) is 7.37. The molecule has 0 saturated carbocycles. The monoisotopic (exact) mass is 335 g/mol. The molecule has 2 fully saturated rings. The lowest BCUT2D eigenvalue weighted by molar-refractivity contribution is -0.132. The maximum absolute atomic E-state index is 11.2. The van der Waals surface area contributed by atoms with Gasteiger partial charge in [-0.25, -0.2) is 0 Å². The van der Waals surface area contributed by atoms with E-state index in [2.05, 4.69) is 37.1 Å². The van der Waals surface area contributed by atoms with Crippen molar-refractivity contribution in [3.8, 4) is 5.75 Å².